The van der Waals surface area contributed by atoms with E-state index >= 15 is 0 Å². The molecule has 0 radical (unpaired) electrons. The Morgan fingerprint density at radius 1 is 1.27 bits per heavy atom. The second-order valence-electron chi connectivity index (χ2n) is 6.26. The molecular formula is C17H23BrN2O5S. The van der Waals surface area contributed by atoms with Gasteiger partial charge in [-0.15, -0.1) is 0 Å². The molecule has 26 heavy (non-hydrogen) atoms. The SMILES string of the molecule is CC(OC(=O)CNS(=O)(=O)c1cccc(Br)c1)C(=O)NC1CCCCC1. The van der Waals surface area contributed by atoms with Crippen LogP contribution in [-0.4, -0.2) is 39.0 Å². The van der Waals surface area contributed by atoms with E-state index in [1.54, 1.807) is 12.1 Å². The maximum atomic E-state index is 12.2. The lowest BCUT2D eigenvalue weighted by molar-refractivity contribution is -0.154. The van der Waals surface area contributed by atoms with Crippen LogP contribution in [0.1, 0.15) is 39.0 Å². The molecule has 1 aromatic rings. The predicted molar refractivity (Wildman–Crippen MR) is 99.9 cm³/mol. The molecule has 1 aromatic carbocycles. The molecule has 0 bridgehead atoms. The zero-order valence-corrected chi connectivity index (χ0v) is 16.9. The third kappa shape index (κ3) is 6.37. The smallest absolute Gasteiger partial charge is 0.321 e. The van der Waals surface area contributed by atoms with Crippen LogP contribution in [-0.2, 0) is 24.3 Å². The fraction of sp³-hybridized carbons (Fsp3) is 0.529. The molecule has 1 aliphatic carbocycles. The van der Waals surface area contributed by atoms with Gasteiger partial charge in [-0.3, -0.25) is 9.59 Å². The number of hydrogen-bond acceptors (Lipinski definition) is 5. The summed E-state index contributed by atoms with van der Waals surface area (Å²) < 4.78 is 32.1. The molecule has 1 aliphatic rings. The molecule has 2 rings (SSSR count). The van der Waals surface area contributed by atoms with Crippen molar-refractivity contribution >= 4 is 37.8 Å². The average Bonchev–Trinajstić information content (AvgIpc) is 2.61. The third-order valence-electron chi connectivity index (χ3n) is 4.14. The van der Waals surface area contributed by atoms with Crippen molar-refractivity contribution in [2.75, 3.05) is 6.54 Å². The van der Waals surface area contributed by atoms with Crippen molar-refractivity contribution in [1.82, 2.24) is 10.0 Å². The fourth-order valence-electron chi connectivity index (χ4n) is 2.73. The van der Waals surface area contributed by atoms with E-state index in [0.29, 0.717) is 4.47 Å². The summed E-state index contributed by atoms with van der Waals surface area (Å²) in [6.45, 7) is 0.925. The Balaban J connectivity index is 1.81. The van der Waals surface area contributed by atoms with Gasteiger partial charge in [0.15, 0.2) is 6.10 Å². The maximum Gasteiger partial charge on any atom is 0.321 e. The van der Waals surface area contributed by atoms with Gasteiger partial charge in [0.25, 0.3) is 5.91 Å². The molecule has 144 valence electrons. The van der Waals surface area contributed by atoms with Crippen LogP contribution in [0.4, 0.5) is 0 Å². The highest BCUT2D eigenvalue weighted by molar-refractivity contribution is 9.10. The van der Waals surface area contributed by atoms with E-state index in [4.69, 9.17) is 4.74 Å². The lowest BCUT2D eigenvalue weighted by atomic mass is 9.95. The van der Waals surface area contributed by atoms with Gasteiger partial charge in [-0.2, -0.15) is 4.72 Å². The Labute approximate surface area is 162 Å². The van der Waals surface area contributed by atoms with Gasteiger partial charge in [0.2, 0.25) is 10.0 Å². The number of esters is 1. The minimum atomic E-state index is -3.84. The third-order valence-corrected chi connectivity index (χ3v) is 6.03. The van der Waals surface area contributed by atoms with Gasteiger partial charge >= 0.3 is 5.97 Å². The molecule has 0 saturated heterocycles. The second kappa shape index (κ2) is 9.48. The first-order valence-corrected chi connectivity index (χ1v) is 10.8. The minimum Gasteiger partial charge on any atom is -0.452 e. The van der Waals surface area contributed by atoms with Gasteiger partial charge < -0.3 is 10.1 Å². The average molecular weight is 447 g/mol. The van der Waals surface area contributed by atoms with E-state index in [1.807, 2.05) is 0 Å². The topological polar surface area (TPSA) is 102 Å². The molecular weight excluding hydrogens is 424 g/mol. The summed E-state index contributed by atoms with van der Waals surface area (Å²) in [5, 5.41) is 2.87. The van der Waals surface area contributed by atoms with Gasteiger partial charge in [-0.25, -0.2) is 8.42 Å². The first-order chi connectivity index (χ1) is 12.3. The van der Waals surface area contributed by atoms with Crippen molar-refractivity contribution in [1.29, 1.82) is 0 Å². The molecule has 1 fully saturated rings. The van der Waals surface area contributed by atoms with Crippen LogP contribution in [0.25, 0.3) is 0 Å². The Bertz CT molecular complexity index is 747. The molecule has 0 aliphatic heterocycles. The number of sulfonamides is 1. The quantitative estimate of drug-likeness (QED) is 0.624. The van der Waals surface area contributed by atoms with E-state index in [2.05, 4.69) is 26.0 Å². The number of rotatable bonds is 7. The number of ether oxygens (including phenoxy) is 1. The highest BCUT2D eigenvalue weighted by Gasteiger charge is 2.23. The van der Waals surface area contributed by atoms with Crippen LogP contribution in [0.5, 0.6) is 0 Å². The summed E-state index contributed by atoms with van der Waals surface area (Å²) >= 11 is 3.20. The van der Waals surface area contributed by atoms with Crippen molar-refractivity contribution in [2.45, 2.75) is 56.1 Å². The minimum absolute atomic E-state index is 0.0303. The van der Waals surface area contributed by atoms with Crippen molar-refractivity contribution in [3.8, 4) is 0 Å². The van der Waals surface area contributed by atoms with Crippen molar-refractivity contribution < 1.29 is 22.7 Å². The summed E-state index contributed by atoms with van der Waals surface area (Å²) in [7, 11) is -3.84. The first-order valence-electron chi connectivity index (χ1n) is 8.53. The highest BCUT2D eigenvalue weighted by Crippen LogP contribution is 2.18. The lowest BCUT2D eigenvalue weighted by Crippen LogP contribution is -2.43. The molecule has 9 heteroatoms. The Hall–Kier alpha value is -1.45. The van der Waals surface area contributed by atoms with Crippen LogP contribution in [0.15, 0.2) is 33.6 Å². The molecule has 0 heterocycles. The molecule has 1 unspecified atom stereocenters. The monoisotopic (exact) mass is 446 g/mol. The summed E-state index contributed by atoms with van der Waals surface area (Å²) in [4.78, 5) is 24.0. The van der Waals surface area contributed by atoms with E-state index in [-0.39, 0.29) is 16.8 Å². The Morgan fingerprint density at radius 3 is 2.62 bits per heavy atom. The number of halogens is 1. The number of carbonyl (C=O) groups is 2. The number of nitrogens with one attached hydrogen (secondary N) is 2. The number of carbonyl (C=O) groups excluding carboxylic acids is 2. The summed E-state index contributed by atoms with van der Waals surface area (Å²) in [6, 6.07) is 6.23. The van der Waals surface area contributed by atoms with Gasteiger partial charge in [0.05, 0.1) is 4.90 Å². The van der Waals surface area contributed by atoms with Crippen LogP contribution >= 0.6 is 15.9 Å². The highest BCUT2D eigenvalue weighted by atomic mass is 79.9. The fourth-order valence-corrected chi connectivity index (χ4v) is 4.29. The van der Waals surface area contributed by atoms with Crippen LogP contribution in [0.2, 0.25) is 0 Å². The van der Waals surface area contributed by atoms with E-state index in [1.165, 1.54) is 25.5 Å². The van der Waals surface area contributed by atoms with E-state index in [0.717, 1.165) is 25.7 Å². The van der Waals surface area contributed by atoms with Crippen LogP contribution in [0, 0.1) is 0 Å². The Morgan fingerprint density at radius 2 is 1.96 bits per heavy atom. The van der Waals surface area contributed by atoms with E-state index in [9.17, 15) is 18.0 Å². The molecule has 0 spiro atoms. The summed E-state index contributed by atoms with van der Waals surface area (Å²) in [5.74, 6) is -1.17. The van der Waals surface area contributed by atoms with Gasteiger partial charge in [-0.1, -0.05) is 41.3 Å². The van der Waals surface area contributed by atoms with Gasteiger partial charge in [0.1, 0.15) is 6.54 Å². The maximum absolute atomic E-state index is 12.2. The number of hydrogen-bond donors (Lipinski definition) is 2. The molecule has 1 atom stereocenters. The van der Waals surface area contributed by atoms with Crippen LogP contribution < -0.4 is 10.0 Å². The van der Waals surface area contributed by atoms with E-state index < -0.39 is 28.6 Å². The summed E-state index contributed by atoms with van der Waals surface area (Å²) in [6.07, 6.45) is 4.22. The predicted octanol–water partition coefficient (Wildman–Crippen LogP) is 2.11. The standard InChI is InChI=1S/C17H23BrN2O5S/c1-12(17(22)20-14-7-3-2-4-8-14)25-16(21)11-19-26(23,24)15-9-5-6-13(18)10-15/h5-6,9-10,12,14,19H,2-4,7-8,11H2,1H3,(H,20,22). The molecule has 2 N–H and O–H groups in total. The van der Waals surface area contributed by atoms with Crippen molar-refractivity contribution in [2.24, 2.45) is 0 Å². The summed E-state index contributed by atoms with van der Waals surface area (Å²) in [5.41, 5.74) is 0. The first kappa shape index (κ1) is 20.9. The normalized spacial score (nSPS) is 16.7. The molecule has 1 saturated carbocycles. The van der Waals surface area contributed by atoms with Crippen molar-refractivity contribution in [3.63, 3.8) is 0 Å². The van der Waals surface area contributed by atoms with Crippen molar-refractivity contribution in [3.05, 3.63) is 28.7 Å². The van der Waals surface area contributed by atoms with Gasteiger partial charge in [-0.05, 0) is 38.0 Å². The number of benzene rings is 1. The number of amides is 1. The second-order valence-corrected chi connectivity index (χ2v) is 8.94. The largest absolute Gasteiger partial charge is 0.452 e. The zero-order chi connectivity index (χ0) is 19.2. The zero-order valence-electron chi connectivity index (χ0n) is 14.5. The molecule has 1 amide bonds. The van der Waals surface area contributed by atoms with Crippen LogP contribution in [0.3, 0.4) is 0 Å². The molecule has 7 nitrogen and oxygen atoms in total. The molecule has 0 aromatic heterocycles. The van der Waals surface area contributed by atoms with Gasteiger partial charge in [0, 0.05) is 10.5 Å². The lowest BCUT2D eigenvalue weighted by Gasteiger charge is -2.24. The Kier molecular flexibility index (Phi) is 7.60.